The van der Waals surface area contributed by atoms with E-state index >= 15 is 0 Å². The third-order valence-corrected chi connectivity index (χ3v) is 3.30. The first-order valence-electron chi connectivity index (χ1n) is 6.43. The van der Waals surface area contributed by atoms with Gasteiger partial charge in [0.2, 0.25) is 0 Å². The lowest BCUT2D eigenvalue weighted by Crippen LogP contribution is -2.48. The van der Waals surface area contributed by atoms with Crippen molar-refractivity contribution in [3.8, 4) is 0 Å². The summed E-state index contributed by atoms with van der Waals surface area (Å²) >= 11 is 0. The summed E-state index contributed by atoms with van der Waals surface area (Å²) in [6.07, 6.45) is 4.83. The Morgan fingerprint density at radius 3 is 2.83 bits per heavy atom. The second kappa shape index (κ2) is 7.03. The molecule has 1 rings (SSSR count). The van der Waals surface area contributed by atoms with Crippen LogP contribution in [-0.4, -0.2) is 41.1 Å². The molecule has 102 valence electrons. The fourth-order valence-electron chi connectivity index (χ4n) is 2.09. The number of rotatable bonds is 4. The number of aliphatic carboxylic acids is 1. The summed E-state index contributed by atoms with van der Waals surface area (Å²) < 4.78 is 0. The third kappa shape index (κ3) is 4.39. The Morgan fingerprint density at radius 2 is 2.22 bits per heavy atom. The topological polar surface area (TPSA) is 69.6 Å². The Kier molecular flexibility index (Phi) is 5.68. The Balaban J connectivity index is 2.52. The van der Waals surface area contributed by atoms with Crippen molar-refractivity contribution in [2.45, 2.75) is 38.6 Å². The highest BCUT2D eigenvalue weighted by Crippen LogP contribution is 2.16. The van der Waals surface area contributed by atoms with Crippen molar-refractivity contribution in [1.29, 1.82) is 0 Å². The zero-order chi connectivity index (χ0) is 13.5. The van der Waals surface area contributed by atoms with E-state index in [-0.39, 0.29) is 12.5 Å². The van der Waals surface area contributed by atoms with Crippen LogP contribution in [0.2, 0.25) is 0 Å². The molecular weight excluding hydrogens is 232 g/mol. The van der Waals surface area contributed by atoms with E-state index in [4.69, 9.17) is 5.11 Å². The highest BCUT2D eigenvalue weighted by Gasteiger charge is 2.23. The highest BCUT2D eigenvalue weighted by atomic mass is 16.4. The van der Waals surface area contributed by atoms with Crippen molar-refractivity contribution in [2.75, 3.05) is 13.1 Å². The third-order valence-electron chi connectivity index (χ3n) is 3.30. The van der Waals surface area contributed by atoms with Gasteiger partial charge < -0.3 is 15.3 Å². The van der Waals surface area contributed by atoms with Crippen molar-refractivity contribution in [3.63, 3.8) is 0 Å². The summed E-state index contributed by atoms with van der Waals surface area (Å²) in [5.41, 5.74) is 0. The van der Waals surface area contributed by atoms with Crippen LogP contribution < -0.4 is 5.32 Å². The van der Waals surface area contributed by atoms with Gasteiger partial charge in [-0.2, -0.15) is 0 Å². The lowest BCUT2D eigenvalue weighted by atomic mass is 10.0. The van der Waals surface area contributed by atoms with Gasteiger partial charge in [0.15, 0.2) is 0 Å². The molecule has 1 fully saturated rings. The van der Waals surface area contributed by atoms with Crippen LogP contribution in [0, 0.1) is 5.92 Å². The molecule has 18 heavy (non-hydrogen) atoms. The molecule has 2 atom stereocenters. The Hall–Kier alpha value is -1.52. The molecule has 0 bridgehead atoms. The smallest absolute Gasteiger partial charge is 0.326 e. The molecule has 1 heterocycles. The van der Waals surface area contributed by atoms with Crippen LogP contribution in [0.25, 0.3) is 0 Å². The summed E-state index contributed by atoms with van der Waals surface area (Å²) in [4.78, 5) is 24.6. The zero-order valence-corrected chi connectivity index (χ0v) is 10.9. The second-order valence-corrected chi connectivity index (χ2v) is 4.89. The summed E-state index contributed by atoms with van der Waals surface area (Å²) in [7, 11) is 0. The number of carboxylic acids is 1. The van der Waals surface area contributed by atoms with Crippen LogP contribution in [0.1, 0.15) is 32.6 Å². The van der Waals surface area contributed by atoms with Gasteiger partial charge in [-0.25, -0.2) is 9.59 Å². The fourth-order valence-corrected chi connectivity index (χ4v) is 2.09. The molecule has 0 radical (unpaired) electrons. The van der Waals surface area contributed by atoms with Crippen LogP contribution in [-0.2, 0) is 4.79 Å². The molecule has 0 aromatic heterocycles. The molecule has 1 aliphatic heterocycles. The molecule has 0 aromatic rings. The van der Waals surface area contributed by atoms with Crippen molar-refractivity contribution in [3.05, 3.63) is 12.7 Å². The van der Waals surface area contributed by atoms with Crippen molar-refractivity contribution in [1.82, 2.24) is 10.2 Å². The normalized spacial score (nSPS) is 21.8. The number of carbonyl (C=O) groups excluding carboxylic acids is 1. The monoisotopic (exact) mass is 254 g/mol. The Bertz CT molecular complexity index is 317. The second-order valence-electron chi connectivity index (χ2n) is 4.89. The van der Waals surface area contributed by atoms with Gasteiger partial charge in [-0.1, -0.05) is 13.0 Å². The molecule has 2 amide bonds. The van der Waals surface area contributed by atoms with E-state index in [0.29, 0.717) is 19.0 Å². The number of urea groups is 1. The van der Waals surface area contributed by atoms with E-state index in [2.05, 4.69) is 18.8 Å². The first kappa shape index (κ1) is 14.5. The van der Waals surface area contributed by atoms with Gasteiger partial charge in [-0.05, 0) is 31.6 Å². The molecule has 1 saturated heterocycles. The number of carboxylic acid groups (broad SMARTS) is 1. The number of hydrogen-bond donors (Lipinski definition) is 2. The number of nitrogens with zero attached hydrogens (tertiary/aromatic N) is 1. The van der Waals surface area contributed by atoms with Gasteiger partial charge >= 0.3 is 12.0 Å². The van der Waals surface area contributed by atoms with Gasteiger partial charge in [-0.3, -0.25) is 0 Å². The minimum atomic E-state index is -1.02. The van der Waals surface area contributed by atoms with Gasteiger partial charge in [0.05, 0.1) is 0 Å². The van der Waals surface area contributed by atoms with Crippen molar-refractivity contribution < 1.29 is 14.7 Å². The zero-order valence-electron chi connectivity index (χ0n) is 10.9. The van der Waals surface area contributed by atoms with E-state index in [1.54, 1.807) is 4.90 Å². The predicted molar refractivity (Wildman–Crippen MR) is 69.4 cm³/mol. The lowest BCUT2D eigenvalue weighted by molar-refractivity contribution is -0.139. The largest absolute Gasteiger partial charge is 0.480 e. The molecule has 1 aliphatic rings. The van der Waals surface area contributed by atoms with Crippen LogP contribution >= 0.6 is 0 Å². The van der Waals surface area contributed by atoms with E-state index in [9.17, 15) is 9.59 Å². The van der Waals surface area contributed by atoms with Gasteiger partial charge in [0.25, 0.3) is 0 Å². The number of amides is 2. The van der Waals surface area contributed by atoms with E-state index < -0.39 is 12.0 Å². The average Bonchev–Trinajstić information content (AvgIpc) is 2.53. The molecule has 5 nitrogen and oxygen atoms in total. The summed E-state index contributed by atoms with van der Waals surface area (Å²) in [6, 6.07) is -1.16. The molecule has 0 saturated carbocycles. The van der Waals surface area contributed by atoms with E-state index in [0.717, 1.165) is 19.3 Å². The number of nitrogens with one attached hydrogen (secondary N) is 1. The van der Waals surface area contributed by atoms with Crippen LogP contribution in [0.5, 0.6) is 0 Å². The standard InChI is InChI=1S/C13H22N2O3/c1-3-5-11(12(16)17)14-13(18)15-8-4-6-10(2)7-9-15/h3,10-11H,1,4-9H2,2H3,(H,14,18)(H,16,17). The maximum absolute atomic E-state index is 12.0. The SMILES string of the molecule is C=CCC(NC(=O)N1CCCC(C)CC1)C(=O)O. The lowest BCUT2D eigenvalue weighted by Gasteiger charge is -2.23. The Morgan fingerprint density at radius 1 is 1.50 bits per heavy atom. The minimum Gasteiger partial charge on any atom is -0.480 e. The number of carbonyl (C=O) groups is 2. The summed E-state index contributed by atoms with van der Waals surface area (Å²) in [6.45, 7) is 7.09. The van der Waals surface area contributed by atoms with Gasteiger partial charge in [0, 0.05) is 13.1 Å². The van der Waals surface area contributed by atoms with Crippen molar-refractivity contribution >= 4 is 12.0 Å². The molecule has 2 unspecified atom stereocenters. The minimum absolute atomic E-state index is 0.241. The van der Waals surface area contributed by atoms with Crippen LogP contribution in [0.4, 0.5) is 4.79 Å². The molecule has 2 N–H and O–H groups in total. The Labute approximate surface area is 108 Å². The van der Waals surface area contributed by atoms with Gasteiger partial charge in [0.1, 0.15) is 6.04 Å². The molecular formula is C13H22N2O3. The molecule has 0 aliphatic carbocycles. The number of likely N-dealkylation sites (tertiary alicyclic amines) is 1. The van der Waals surface area contributed by atoms with E-state index in [1.807, 2.05) is 0 Å². The highest BCUT2D eigenvalue weighted by molar-refractivity contribution is 5.82. The molecule has 0 spiro atoms. The predicted octanol–water partition coefficient (Wildman–Crippen LogP) is 1.85. The first-order valence-corrected chi connectivity index (χ1v) is 6.43. The van der Waals surface area contributed by atoms with Crippen LogP contribution in [0.15, 0.2) is 12.7 Å². The first-order chi connectivity index (χ1) is 8.54. The average molecular weight is 254 g/mol. The summed E-state index contributed by atoms with van der Waals surface area (Å²) in [5, 5.41) is 11.5. The molecule has 0 aromatic carbocycles. The van der Waals surface area contributed by atoms with Gasteiger partial charge in [-0.15, -0.1) is 6.58 Å². The fraction of sp³-hybridized carbons (Fsp3) is 0.692. The quantitative estimate of drug-likeness (QED) is 0.752. The van der Waals surface area contributed by atoms with Crippen molar-refractivity contribution in [2.24, 2.45) is 5.92 Å². The van der Waals surface area contributed by atoms with Crippen LogP contribution in [0.3, 0.4) is 0 Å². The maximum atomic E-state index is 12.0. The molecule has 5 heteroatoms. The number of hydrogen-bond acceptors (Lipinski definition) is 2. The summed E-state index contributed by atoms with van der Waals surface area (Å²) in [5.74, 6) is -0.391. The maximum Gasteiger partial charge on any atom is 0.326 e. The van der Waals surface area contributed by atoms with E-state index in [1.165, 1.54) is 6.08 Å².